The van der Waals surface area contributed by atoms with E-state index in [1.165, 1.54) is 0 Å². The third-order valence-electron chi connectivity index (χ3n) is 3.37. The molecule has 0 aliphatic rings. The molecule has 0 heterocycles. The molecule has 0 aliphatic carbocycles. The van der Waals surface area contributed by atoms with E-state index in [1.54, 1.807) is 7.11 Å². The van der Waals surface area contributed by atoms with Crippen molar-refractivity contribution in [3.63, 3.8) is 0 Å². The number of benzene rings is 2. The maximum atomic E-state index is 12.3. The van der Waals surface area contributed by atoms with E-state index in [0.717, 1.165) is 24.0 Å². The molecule has 0 saturated carbocycles. The zero-order chi connectivity index (χ0) is 15.1. The van der Waals surface area contributed by atoms with Crippen LogP contribution in [0.2, 0.25) is 0 Å². The predicted octanol–water partition coefficient (Wildman–Crippen LogP) is 3.89. The SMILES string of the molecule is CCCCNC(=O)c1cc(-c2ccccc2)ccc1OC. The Bertz CT molecular complexity index is 593. The Balaban J connectivity index is 2.28. The molecular formula is C18H21NO2. The quantitative estimate of drug-likeness (QED) is 0.817. The summed E-state index contributed by atoms with van der Waals surface area (Å²) in [5.74, 6) is 0.516. The first-order valence-electron chi connectivity index (χ1n) is 7.28. The van der Waals surface area contributed by atoms with Crippen molar-refractivity contribution in [2.45, 2.75) is 19.8 Å². The Labute approximate surface area is 126 Å². The fourth-order valence-electron chi connectivity index (χ4n) is 2.17. The highest BCUT2D eigenvalue weighted by Gasteiger charge is 2.13. The summed E-state index contributed by atoms with van der Waals surface area (Å²) in [6, 6.07) is 15.7. The third-order valence-corrected chi connectivity index (χ3v) is 3.37. The van der Waals surface area contributed by atoms with Crippen molar-refractivity contribution in [2.75, 3.05) is 13.7 Å². The second kappa shape index (κ2) is 7.48. The van der Waals surface area contributed by atoms with Gasteiger partial charge in [0.2, 0.25) is 0 Å². The topological polar surface area (TPSA) is 38.3 Å². The Hall–Kier alpha value is -2.29. The van der Waals surface area contributed by atoms with Crippen molar-refractivity contribution in [3.8, 4) is 16.9 Å². The standard InChI is InChI=1S/C18H21NO2/c1-3-4-12-19-18(20)16-13-15(10-11-17(16)21-2)14-8-6-5-7-9-14/h5-11,13H,3-4,12H2,1-2H3,(H,19,20). The van der Waals surface area contributed by atoms with Crippen LogP contribution in [0.3, 0.4) is 0 Å². The molecule has 3 nitrogen and oxygen atoms in total. The van der Waals surface area contributed by atoms with E-state index in [9.17, 15) is 4.79 Å². The van der Waals surface area contributed by atoms with Crippen molar-refractivity contribution in [1.82, 2.24) is 5.32 Å². The van der Waals surface area contributed by atoms with Crippen LogP contribution >= 0.6 is 0 Å². The first-order valence-corrected chi connectivity index (χ1v) is 7.28. The highest BCUT2D eigenvalue weighted by Crippen LogP contribution is 2.26. The molecule has 1 N–H and O–H groups in total. The average Bonchev–Trinajstić information content (AvgIpc) is 2.55. The van der Waals surface area contributed by atoms with Gasteiger partial charge in [-0.15, -0.1) is 0 Å². The predicted molar refractivity (Wildman–Crippen MR) is 85.7 cm³/mol. The molecule has 2 aromatic rings. The molecule has 0 radical (unpaired) electrons. The van der Waals surface area contributed by atoms with Crippen LogP contribution < -0.4 is 10.1 Å². The van der Waals surface area contributed by atoms with Gasteiger partial charge in [0.1, 0.15) is 5.75 Å². The van der Waals surface area contributed by atoms with Crippen molar-refractivity contribution < 1.29 is 9.53 Å². The maximum Gasteiger partial charge on any atom is 0.255 e. The Kier molecular flexibility index (Phi) is 5.38. The number of carbonyl (C=O) groups excluding carboxylic acids is 1. The van der Waals surface area contributed by atoms with E-state index in [-0.39, 0.29) is 5.91 Å². The molecule has 3 heteroatoms. The fraction of sp³-hybridized carbons (Fsp3) is 0.278. The van der Waals surface area contributed by atoms with Crippen LogP contribution in [0.1, 0.15) is 30.1 Å². The van der Waals surface area contributed by atoms with E-state index in [2.05, 4.69) is 12.2 Å². The molecule has 0 unspecified atom stereocenters. The highest BCUT2D eigenvalue weighted by atomic mass is 16.5. The lowest BCUT2D eigenvalue weighted by atomic mass is 10.0. The van der Waals surface area contributed by atoms with Gasteiger partial charge < -0.3 is 10.1 Å². The van der Waals surface area contributed by atoms with E-state index < -0.39 is 0 Å². The van der Waals surface area contributed by atoms with Gasteiger partial charge in [-0.3, -0.25) is 4.79 Å². The number of rotatable bonds is 6. The molecule has 2 aromatic carbocycles. The zero-order valence-corrected chi connectivity index (χ0v) is 12.6. The number of carbonyl (C=O) groups is 1. The van der Waals surface area contributed by atoms with Gasteiger partial charge in [-0.25, -0.2) is 0 Å². The highest BCUT2D eigenvalue weighted by molar-refractivity contribution is 5.98. The van der Waals surface area contributed by atoms with Crippen LogP contribution in [0.5, 0.6) is 5.75 Å². The fourth-order valence-corrected chi connectivity index (χ4v) is 2.17. The monoisotopic (exact) mass is 283 g/mol. The Morgan fingerprint density at radius 1 is 1.10 bits per heavy atom. The number of nitrogens with one attached hydrogen (secondary N) is 1. The van der Waals surface area contributed by atoms with Crippen molar-refractivity contribution in [3.05, 3.63) is 54.1 Å². The van der Waals surface area contributed by atoms with Gasteiger partial charge in [0.05, 0.1) is 12.7 Å². The van der Waals surface area contributed by atoms with Gasteiger partial charge in [-0.1, -0.05) is 49.7 Å². The minimum Gasteiger partial charge on any atom is -0.496 e. The minimum absolute atomic E-state index is 0.0851. The second-order valence-electron chi connectivity index (χ2n) is 4.89. The van der Waals surface area contributed by atoms with Crippen LogP contribution in [0, 0.1) is 0 Å². The maximum absolute atomic E-state index is 12.3. The molecular weight excluding hydrogens is 262 g/mol. The average molecular weight is 283 g/mol. The molecule has 0 saturated heterocycles. The normalized spacial score (nSPS) is 10.2. The van der Waals surface area contributed by atoms with E-state index in [4.69, 9.17) is 4.74 Å². The molecule has 0 fully saturated rings. The van der Waals surface area contributed by atoms with E-state index >= 15 is 0 Å². The molecule has 110 valence electrons. The first kappa shape index (κ1) is 15.1. The number of hydrogen-bond donors (Lipinski definition) is 1. The first-order chi connectivity index (χ1) is 10.3. The van der Waals surface area contributed by atoms with E-state index in [1.807, 2.05) is 48.5 Å². The van der Waals surface area contributed by atoms with Gasteiger partial charge in [0, 0.05) is 6.54 Å². The molecule has 0 bridgehead atoms. The number of ether oxygens (including phenoxy) is 1. The third kappa shape index (κ3) is 3.85. The Morgan fingerprint density at radius 2 is 1.86 bits per heavy atom. The minimum atomic E-state index is -0.0851. The van der Waals surface area contributed by atoms with Crippen molar-refractivity contribution >= 4 is 5.91 Å². The van der Waals surface area contributed by atoms with Crippen LogP contribution in [-0.4, -0.2) is 19.6 Å². The van der Waals surface area contributed by atoms with Gasteiger partial charge in [0.15, 0.2) is 0 Å². The van der Waals surface area contributed by atoms with Crippen molar-refractivity contribution in [2.24, 2.45) is 0 Å². The van der Waals surface area contributed by atoms with Gasteiger partial charge >= 0.3 is 0 Å². The van der Waals surface area contributed by atoms with Gasteiger partial charge in [-0.2, -0.15) is 0 Å². The summed E-state index contributed by atoms with van der Waals surface area (Å²) in [6.07, 6.45) is 2.04. The van der Waals surface area contributed by atoms with Crippen LogP contribution in [-0.2, 0) is 0 Å². The summed E-state index contributed by atoms with van der Waals surface area (Å²) in [6.45, 7) is 2.79. The second-order valence-corrected chi connectivity index (χ2v) is 4.89. The summed E-state index contributed by atoms with van der Waals surface area (Å²) in [7, 11) is 1.58. The molecule has 0 spiro atoms. The summed E-state index contributed by atoms with van der Waals surface area (Å²) >= 11 is 0. The van der Waals surface area contributed by atoms with Gasteiger partial charge in [0.25, 0.3) is 5.91 Å². The number of amides is 1. The summed E-state index contributed by atoms with van der Waals surface area (Å²) in [5, 5.41) is 2.93. The lowest BCUT2D eigenvalue weighted by Crippen LogP contribution is -2.24. The molecule has 1 amide bonds. The lowest BCUT2D eigenvalue weighted by molar-refractivity contribution is 0.0950. The molecule has 21 heavy (non-hydrogen) atoms. The molecule has 2 rings (SSSR count). The number of methoxy groups -OCH3 is 1. The number of unbranched alkanes of at least 4 members (excludes halogenated alkanes) is 1. The van der Waals surface area contributed by atoms with Crippen molar-refractivity contribution in [1.29, 1.82) is 0 Å². The van der Waals surface area contributed by atoms with Crippen LogP contribution in [0.15, 0.2) is 48.5 Å². The Morgan fingerprint density at radius 3 is 2.52 bits per heavy atom. The van der Waals surface area contributed by atoms with Crippen LogP contribution in [0.4, 0.5) is 0 Å². The summed E-state index contributed by atoms with van der Waals surface area (Å²) in [4.78, 5) is 12.3. The summed E-state index contributed by atoms with van der Waals surface area (Å²) in [5.41, 5.74) is 2.68. The molecule has 0 atom stereocenters. The zero-order valence-electron chi connectivity index (χ0n) is 12.6. The molecule has 0 aliphatic heterocycles. The summed E-state index contributed by atoms with van der Waals surface area (Å²) < 4.78 is 5.30. The molecule has 0 aromatic heterocycles. The largest absolute Gasteiger partial charge is 0.496 e. The van der Waals surface area contributed by atoms with Gasteiger partial charge in [-0.05, 0) is 29.7 Å². The lowest BCUT2D eigenvalue weighted by Gasteiger charge is -2.11. The number of hydrogen-bond acceptors (Lipinski definition) is 2. The van der Waals surface area contributed by atoms with E-state index in [0.29, 0.717) is 17.9 Å². The van der Waals surface area contributed by atoms with Crippen LogP contribution in [0.25, 0.3) is 11.1 Å². The smallest absolute Gasteiger partial charge is 0.255 e.